The lowest BCUT2D eigenvalue weighted by Gasteiger charge is -2.04. The van der Waals surface area contributed by atoms with E-state index in [0.717, 1.165) is 22.1 Å². The van der Waals surface area contributed by atoms with E-state index < -0.39 is 0 Å². The summed E-state index contributed by atoms with van der Waals surface area (Å²) in [5, 5.41) is 9.89. The second-order valence-corrected chi connectivity index (χ2v) is 6.25. The van der Waals surface area contributed by atoms with E-state index in [1.165, 1.54) is 5.56 Å². The first kappa shape index (κ1) is 20.1. The highest BCUT2D eigenvalue weighted by molar-refractivity contribution is 5.86. The standard InChI is InChI=1S/C11H8N2.C10H12N2.C2H6/c1-8-4-5-9(7-12)11-10(8)3-2-6-13-11;1-8(2)9-3-4-10-11-5-6-12(10)7-9;1-2/h2-6H,1H3;3-8H,1-2H3;1-2H3. The molecule has 4 aromatic rings. The lowest BCUT2D eigenvalue weighted by atomic mass is 10.1. The summed E-state index contributed by atoms with van der Waals surface area (Å²) in [6, 6.07) is 13.9. The number of aryl methyl sites for hydroxylation is 1. The van der Waals surface area contributed by atoms with Crippen molar-refractivity contribution in [3.8, 4) is 6.07 Å². The Morgan fingerprint density at radius 3 is 2.48 bits per heavy atom. The number of fused-ring (bicyclic) bond motifs is 2. The molecule has 0 amide bonds. The van der Waals surface area contributed by atoms with E-state index >= 15 is 0 Å². The fourth-order valence-electron chi connectivity index (χ4n) is 2.68. The van der Waals surface area contributed by atoms with Crippen molar-refractivity contribution in [2.75, 3.05) is 0 Å². The second-order valence-electron chi connectivity index (χ2n) is 6.25. The molecule has 4 heteroatoms. The molecule has 0 radical (unpaired) electrons. The van der Waals surface area contributed by atoms with Crippen molar-refractivity contribution in [3.63, 3.8) is 0 Å². The van der Waals surface area contributed by atoms with Crippen molar-refractivity contribution < 1.29 is 0 Å². The average molecular weight is 358 g/mol. The van der Waals surface area contributed by atoms with E-state index in [4.69, 9.17) is 5.26 Å². The molecular weight excluding hydrogens is 332 g/mol. The molecule has 0 fully saturated rings. The number of benzene rings is 1. The Morgan fingerprint density at radius 1 is 1.00 bits per heavy atom. The van der Waals surface area contributed by atoms with Crippen molar-refractivity contribution in [2.45, 2.75) is 40.5 Å². The first-order valence-electron chi connectivity index (χ1n) is 9.27. The minimum atomic E-state index is 0.580. The van der Waals surface area contributed by atoms with Crippen LogP contribution < -0.4 is 0 Å². The molecule has 27 heavy (non-hydrogen) atoms. The molecule has 1 aromatic carbocycles. The fourth-order valence-corrected chi connectivity index (χ4v) is 2.68. The van der Waals surface area contributed by atoms with Gasteiger partial charge in [0.05, 0.1) is 11.1 Å². The van der Waals surface area contributed by atoms with E-state index in [2.05, 4.69) is 52.6 Å². The van der Waals surface area contributed by atoms with Crippen LogP contribution in [0, 0.1) is 18.3 Å². The maximum Gasteiger partial charge on any atom is 0.136 e. The largest absolute Gasteiger partial charge is 0.307 e. The Balaban J connectivity index is 0.000000178. The minimum Gasteiger partial charge on any atom is -0.307 e. The minimum absolute atomic E-state index is 0.580. The summed E-state index contributed by atoms with van der Waals surface area (Å²) in [6.45, 7) is 10.4. The summed E-state index contributed by atoms with van der Waals surface area (Å²) in [4.78, 5) is 8.37. The van der Waals surface area contributed by atoms with Crippen molar-refractivity contribution in [1.82, 2.24) is 14.4 Å². The summed E-state index contributed by atoms with van der Waals surface area (Å²) in [6.07, 6.45) is 7.64. The highest BCUT2D eigenvalue weighted by Crippen LogP contribution is 2.19. The van der Waals surface area contributed by atoms with E-state index in [-0.39, 0.29) is 0 Å². The van der Waals surface area contributed by atoms with E-state index in [9.17, 15) is 0 Å². The van der Waals surface area contributed by atoms with Gasteiger partial charge in [-0.05, 0) is 42.2 Å². The number of nitriles is 1. The van der Waals surface area contributed by atoms with Crippen LogP contribution in [0.2, 0.25) is 0 Å². The van der Waals surface area contributed by atoms with Crippen molar-refractivity contribution in [3.05, 3.63) is 77.9 Å². The Hall–Kier alpha value is -3.19. The van der Waals surface area contributed by atoms with Gasteiger partial charge in [-0.15, -0.1) is 0 Å². The van der Waals surface area contributed by atoms with Gasteiger partial charge in [0.15, 0.2) is 0 Å². The number of nitrogens with zero attached hydrogens (tertiary/aromatic N) is 4. The third-order valence-corrected chi connectivity index (χ3v) is 4.19. The number of hydrogen-bond acceptors (Lipinski definition) is 3. The summed E-state index contributed by atoms with van der Waals surface area (Å²) in [5.41, 5.74) is 4.95. The highest BCUT2D eigenvalue weighted by atomic mass is 15.0. The van der Waals surface area contributed by atoms with E-state index in [1.54, 1.807) is 6.20 Å². The first-order valence-corrected chi connectivity index (χ1v) is 9.27. The molecule has 0 aliphatic heterocycles. The highest BCUT2D eigenvalue weighted by Gasteiger charge is 2.02. The Bertz CT molecular complexity index is 1050. The maximum atomic E-state index is 8.84. The zero-order valence-corrected chi connectivity index (χ0v) is 16.6. The van der Waals surface area contributed by atoms with Crippen LogP contribution in [0.3, 0.4) is 0 Å². The zero-order chi connectivity index (χ0) is 19.8. The van der Waals surface area contributed by atoms with Gasteiger partial charge in [0.1, 0.15) is 11.7 Å². The quantitative estimate of drug-likeness (QED) is 0.426. The van der Waals surface area contributed by atoms with Gasteiger partial charge in [0, 0.05) is 30.2 Å². The zero-order valence-electron chi connectivity index (χ0n) is 16.6. The molecule has 0 unspecified atom stereocenters. The molecule has 0 N–H and O–H groups in total. The molecule has 4 rings (SSSR count). The fraction of sp³-hybridized carbons (Fsp3) is 0.261. The number of imidazole rings is 1. The summed E-state index contributed by atoms with van der Waals surface area (Å²) >= 11 is 0. The van der Waals surface area contributed by atoms with Crippen LogP contribution >= 0.6 is 0 Å². The number of pyridine rings is 2. The predicted molar refractivity (Wildman–Crippen MR) is 112 cm³/mol. The van der Waals surface area contributed by atoms with Crippen LogP contribution in [-0.4, -0.2) is 14.4 Å². The second kappa shape index (κ2) is 9.49. The first-order chi connectivity index (χ1) is 13.1. The van der Waals surface area contributed by atoms with Crippen LogP contribution in [0.4, 0.5) is 0 Å². The monoisotopic (exact) mass is 358 g/mol. The van der Waals surface area contributed by atoms with Crippen LogP contribution in [0.15, 0.2) is 61.2 Å². The smallest absolute Gasteiger partial charge is 0.136 e. The van der Waals surface area contributed by atoms with Gasteiger partial charge in [-0.3, -0.25) is 4.98 Å². The predicted octanol–water partition coefficient (Wildman–Crippen LogP) is 5.90. The molecule has 0 aliphatic rings. The van der Waals surface area contributed by atoms with Crippen LogP contribution in [0.1, 0.15) is 50.3 Å². The molecule has 0 atom stereocenters. The average Bonchev–Trinajstić information content (AvgIpc) is 3.18. The topological polar surface area (TPSA) is 54.0 Å². The van der Waals surface area contributed by atoms with Crippen molar-refractivity contribution in [2.24, 2.45) is 0 Å². The molecule has 0 aliphatic carbocycles. The molecule has 0 saturated carbocycles. The number of rotatable bonds is 1. The van der Waals surface area contributed by atoms with Gasteiger partial charge in [-0.1, -0.05) is 45.9 Å². The van der Waals surface area contributed by atoms with Crippen molar-refractivity contribution >= 4 is 16.6 Å². The molecule has 138 valence electrons. The SMILES string of the molecule is CC.CC(C)c1ccc2nccn2c1.Cc1ccc(C#N)c2ncccc12. The normalized spacial score (nSPS) is 9.96. The van der Waals surface area contributed by atoms with E-state index in [0.29, 0.717) is 11.5 Å². The maximum absolute atomic E-state index is 8.84. The third kappa shape index (κ3) is 4.71. The lowest BCUT2D eigenvalue weighted by molar-refractivity contribution is 0.854. The molecule has 0 spiro atoms. The Morgan fingerprint density at radius 2 is 1.78 bits per heavy atom. The molecule has 0 bridgehead atoms. The van der Waals surface area contributed by atoms with Gasteiger partial charge in [0.25, 0.3) is 0 Å². The molecule has 4 nitrogen and oxygen atoms in total. The molecule has 3 aromatic heterocycles. The lowest BCUT2D eigenvalue weighted by Crippen LogP contribution is -1.91. The van der Waals surface area contributed by atoms with Gasteiger partial charge in [-0.2, -0.15) is 5.26 Å². The number of hydrogen-bond donors (Lipinski definition) is 0. The summed E-state index contributed by atoms with van der Waals surface area (Å²) < 4.78 is 2.05. The van der Waals surface area contributed by atoms with E-state index in [1.807, 2.05) is 57.4 Å². The van der Waals surface area contributed by atoms with Gasteiger partial charge >= 0.3 is 0 Å². The molecular formula is C23H26N4. The molecule has 3 heterocycles. The Kier molecular flexibility index (Phi) is 7.08. The third-order valence-electron chi connectivity index (χ3n) is 4.19. The van der Waals surface area contributed by atoms with Crippen LogP contribution in [0.5, 0.6) is 0 Å². The summed E-state index contributed by atoms with van der Waals surface area (Å²) in [7, 11) is 0. The van der Waals surface area contributed by atoms with Crippen LogP contribution in [-0.2, 0) is 0 Å². The number of aromatic nitrogens is 3. The van der Waals surface area contributed by atoms with Gasteiger partial charge in [0.2, 0.25) is 0 Å². The molecule has 0 saturated heterocycles. The van der Waals surface area contributed by atoms with Crippen LogP contribution in [0.25, 0.3) is 16.6 Å². The Labute approximate surface area is 161 Å². The van der Waals surface area contributed by atoms with Crippen molar-refractivity contribution in [1.29, 1.82) is 5.26 Å². The van der Waals surface area contributed by atoms with Gasteiger partial charge in [-0.25, -0.2) is 4.98 Å². The van der Waals surface area contributed by atoms with Gasteiger partial charge < -0.3 is 4.40 Å². The summed E-state index contributed by atoms with van der Waals surface area (Å²) in [5.74, 6) is 0.580.